The lowest BCUT2D eigenvalue weighted by Crippen LogP contribution is -2.34. The van der Waals surface area contributed by atoms with E-state index in [2.05, 4.69) is 29.8 Å². The summed E-state index contributed by atoms with van der Waals surface area (Å²) in [5, 5.41) is 0. The number of aromatic nitrogens is 1. The van der Waals surface area contributed by atoms with E-state index in [4.69, 9.17) is 10.5 Å². The summed E-state index contributed by atoms with van der Waals surface area (Å²) >= 11 is 0. The van der Waals surface area contributed by atoms with Gasteiger partial charge in [0.25, 0.3) is 0 Å². The topological polar surface area (TPSA) is 51.4 Å². The van der Waals surface area contributed by atoms with Gasteiger partial charge in [-0.3, -0.25) is 4.90 Å². The van der Waals surface area contributed by atoms with Crippen molar-refractivity contribution in [2.75, 3.05) is 26.7 Å². The highest BCUT2D eigenvalue weighted by Crippen LogP contribution is 2.40. The van der Waals surface area contributed by atoms with Crippen molar-refractivity contribution in [2.24, 2.45) is 11.1 Å². The van der Waals surface area contributed by atoms with E-state index in [1.807, 2.05) is 12.3 Å². The summed E-state index contributed by atoms with van der Waals surface area (Å²) in [6.07, 6.45) is 5.67. The van der Waals surface area contributed by atoms with Crippen molar-refractivity contribution in [1.82, 2.24) is 9.88 Å². The molecule has 1 fully saturated rings. The van der Waals surface area contributed by atoms with E-state index in [0.717, 1.165) is 13.1 Å². The monoisotopic (exact) mass is 277 g/mol. The zero-order chi connectivity index (χ0) is 14.6. The van der Waals surface area contributed by atoms with Crippen LogP contribution in [0.5, 0.6) is 5.88 Å². The lowest BCUT2D eigenvalue weighted by atomic mass is 9.82. The number of nitrogens with two attached hydrogens (primary N) is 1. The van der Waals surface area contributed by atoms with Crippen LogP contribution in [0.15, 0.2) is 18.3 Å². The molecule has 0 spiro atoms. The first-order valence-electron chi connectivity index (χ1n) is 7.62. The maximum Gasteiger partial charge on any atom is 0.212 e. The highest BCUT2D eigenvalue weighted by molar-refractivity contribution is 5.21. The van der Waals surface area contributed by atoms with E-state index < -0.39 is 0 Å². The Kier molecular flexibility index (Phi) is 5.00. The number of likely N-dealkylation sites (tertiary alicyclic amines) is 1. The van der Waals surface area contributed by atoms with Crippen molar-refractivity contribution in [3.63, 3.8) is 0 Å². The Labute approximate surface area is 122 Å². The van der Waals surface area contributed by atoms with Crippen LogP contribution in [-0.2, 0) is 0 Å². The summed E-state index contributed by atoms with van der Waals surface area (Å²) in [5.41, 5.74) is 7.70. The van der Waals surface area contributed by atoms with Crippen LogP contribution in [0.4, 0.5) is 0 Å². The first-order chi connectivity index (χ1) is 9.68. The van der Waals surface area contributed by atoms with E-state index in [1.54, 1.807) is 7.11 Å². The van der Waals surface area contributed by atoms with Crippen LogP contribution >= 0.6 is 0 Å². The number of hydrogen-bond donors (Lipinski definition) is 1. The minimum atomic E-state index is 0.272. The molecule has 1 saturated heterocycles. The second-order valence-corrected chi connectivity index (χ2v) is 5.81. The number of pyridine rings is 1. The van der Waals surface area contributed by atoms with Gasteiger partial charge in [0.2, 0.25) is 5.88 Å². The molecule has 2 N–H and O–H groups in total. The standard InChI is InChI=1S/C16H27N3O/c1-4-16(5-2)8-9-19(12-16)14(10-17)13-6-7-15(20-3)18-11-13/h6-7,11,14H,4-5,8-10,12,17H2,1-3H3. The number of rotatable bonds is 6. The predicted octanol–water partition coefficient (Wildman–Crippen LogP) is 2.60. The average molecular weight is 277 g/mol. The molecule has 0 aliphatic carbocycles. The van der Waals surface area contributed by atoms with E-state index in [9.17, 15) is 0 Å². The van der Waals surface area contributed by atoms with E-state index in [-0.39, 0.29) is 6.04 Å². The fraction of sp³-hybridized carbons (Fsp3) is 0.688. The molecule has 1 aliphatic rings. The molecular formula is C16H27N3O. The Morgan fingerprint density at radius 2 is 2.15 bits per heavy atom. The Morgan fingerprint density at radius 1 is 1.40 bits per heavy atom. The van der Waals surface area contributed by atoms with Crippen molar-refractivity contribution in [1.29, 1.82) is 0 Å². The second kappa shape index (κ2) is 6.55. The zero-order valence-corrected chi connectivity index (χ0v) is 12.9. The van der Waals surface area contributed by atoms with E-state index >= 15 is 0 Å². The number of hydrogen-bond acceptors (Lipinski definition) is 4. The number of nitrogens with zero attached hydrogens (tertiary/aromatic N) is 2. The zero-order valence-electron chi connectivity index (χ0n) is 12.9. The Balaban J connectivity index is 2.12. The fourth-order valence-corrected chi connectivity index (χ4v) is 3.27. The van der Waals surface area contributed by atoms with Crippen LogP contribution in [0.2, 0.25) is 0 Å². The molecule has 4 heteroatoms. The van der Waals surface area contributed by atoms with Crippen LogP contribution < -0.4 is 10.5 Å². The first kappa shape index (κ1) is 15.3. The van der Waals surface area contributed by atoms with Crippen molar-refractivity contribution in [3.05, 3.63) is 23.9 Å². The molecule has 0 radical (unpaired) electrons. The molecule has 20 heavy (non-hydrogen) atoms. The number of ether oxygens (including phenoxy) is 1. The molecule has 0 amide bonds. The molecular weight excluding hydrogens is 250 g/mol. The second-order valence-electron chi connectivity index (χ2n) is 5.81. The third-order valence-electron chi connectivity index (χ3n) is 4.99. The third-order valence-corrected chi connectivity index (χ3v) is 4.99. The van der Waals surface area contributed by atoms with Gasteiger partial charge in [-0.05, 0) is 36.8 Å². The molecule has 2 heterocycles. The molecule has 1 aromatic heterocycles. The lowest BCUT2D eigenvalue weighted by Gasteiger charge is -2.30. The van der Waals surface area contributed by atoms with Crippen LogP contribution in [0.25, 0.3) is 0 Å². The van der Waals surface area contributed by atoms with Gasteiger partial charge in [-0.15, -0.1) is 0 Å². The summed E-state index contributed by atoms with van der Waals surface area (Å²) in [7, 11) is 1.64. The largest absolute Gasteiger partial charge is 0.481 e. The highest BCUT2D eigenvalue weighted by Gasteiger charge is 2.37. The van der Waals surface area contributed by atoms with E-state index in [0.29, 0.717) is 17.8 Å². The summed E-state index contributed by atoms with van der Waals surface area (Å²) in [5.74, 6) is 0.655. The van der Waals surface area contributed by atoms with Crippen molar-refractivity contribution in [2.45, 2.75) is 39.2 Å². The Hall–Kier alpha value is -1.13. The quantitative estimate of drug-likeness (QED) is 0.868. The first-order valence-corrected chi connectivity index (χ1v) is 7.62. The molecule has 0 bridgehead atoms. The third kappa shape index (κ3) is 2.96. The lowest BCUT2D eigenvalue weighted by molar-refractivity contribution is 0.197. The summed E-state index contributed by atoms with van der Waals surface area (Å²) in [4.78, 5) is 6.83. The normalized spacial score (nSPS) is 20.0. The SMILES string of the molecule is CCC1(CC)CCN(C(CN)c2ccc(OC)nc2)C1. The highest BCUT2D eigenvalue weighted by atomic mass is 16.5. The molecule has 2 rings (SSSR count). The minimum Gasteiger partial charge on any atom is -0.481 e. The van der Waals surface area contributed by atoms with Crippen molar-refractivity contribution >= 4 is 0 Å². The average Bonchev–Trinajstić information content (AvgIpc) is 2.94. The maximum atomic E-state index is 6.03. The molecule has 1 atom stereocenters. The molecule has 1 aromatic rings. The summed E-state index contributed by atoms with van der Waals surface area (Å²) < 4.78 is 5.12. The van der Waals surface area contributed by atoms with Gasteiger partial charge in [-0.1, -0.05) is 19.9 Å². The van der Waals surface area contributed by atoms with Crippen molar-refractivity contribution in [3.8, 4) is 5.88 Å². The number of methoxy groups -OCH3 is 1. The summed E-state index contributed by atoms with van der Waals surface area (Å²) in [6, 6.07) is 4.27. The van der Waals surface area contributed by atoms with Gasteiger partial charge in [-0.2, -0.15) is 0 Å². The van der Waals surface area contributed by atoms with Gasteiger partial charge < -0.3 is 10.5 Å². The van der Waals surface area contributed by atoms with Crippen LogP contribution in [0.3, 0.4) is 0 Å². The van der Waals surface area contributed by atoms with Gasteiger partial charge >= 0.3 is 0 Å². The smallest absolute Gasteiger partial charge is 0.212 e. The molecule has 4 nitrogen and oxygen atoms in total. The fourth-order valence-electron chi connectivity index (χ4n) is 3.27. The van der Waals surface area contributed by atoms with Crippen LogP contribution in [-0.4, -0.2) is 36.6 Å². The van der Waals surface area contributed by atoms with Gasteiger partial charge in [0.1, 0.15) is 0 Å². The van der Waals surface area contributed by atoms with Gasteiger partial charge in [0, 0.05) is 31.4 Å². The van der Waals surface area contributed by atoms with Gasteiger partial charge in [-0.25, -0.2) is 4.98 Å². The predicted molar refractivity (Wildman–Crippen MR) is 81.8 cm³/mol. The molecule has 0 aromatic carbocycles. The molecule has 1 unspecified atom stereocenters. The van der Waals surface area contributed by atoms with Crippen LogP contribution in [0.1, 0.15) is 44.7 Å². The van der Waals surface area contributed by atoms with Crippen LogP contribution in [0, 0.1) is 5.41 Å². The Morgan fingerprint density at radius 3 is 2.60 bits per heavy atom. The van der Waals surface area contributed by atoms with Gasteiger partial charge in [0.05, 0.1) is 7.11 Å². The van der Waals surface area contributed by atoms with Gasteiger partial charge in [0.15, 0.2) is 0 Å². The molecule has 112 valence electrons. The van der Waals surface area contributed by atoms with Crippen molar-refractivity contribution < 1.29 is 4.74 Å². The molecule has 1 aliphatic heterocycles. The molecule has 0 saturated carbocycles. The minimum absolute atomic E-state index is 0.272. The maximum absolute atomic E-state index is 6.03. The summed E-state index contributed by atoms with van der Waals surface area (Å²) in [6.45, 7) is 7.53. The Bertz CT molecular complexity index is 414. The van der Waals surface area contributed by atoms with E-state index in [1.165, 1.54) is 24.8 Å².